The first-order chi connectivity index (χ1) is 11.5. The van der Waals surface area contributed by atoms with Crippen molar-refractivity contribution in [2.75, 3.05) is 13.0 Å². The summed E-state index contributed by atoms with van der Waals surface area (Å²) in [6.45, 7) is 3.74. The molecule has 3 rings (SSSR count). The highest BCUT2D eigenvalue weighted by Crippen LogP contribution is 2.33. The summed E-state index contributed by atoms with van der Waals surface area (Å²) in [6, 6.07) is 4.69. The fourth-order valence-corrected chi connectivity index (χ4v) is 2.87. The van der Waals surface area contributed by atoms with E-state index in [9.17, 15) is 4.39 Å². The van der Waals surface area contributed by atoms with Crippen molar-refractivity contribution in [1.29, 1.82) is 0 Å². The highest BCUT2D eigenvalue weighted by atomic mass is 35.5. The highest BCUT2D eigenvalue weighted by Gasteiger charge is 2.16. The summed E-state index contributed by atoms with van der Waals surface area (Å²) in [4.78, 5) is 12.7. The third kappa shape index (κ3) is 3.30. The Balaban J connectivity index is 2.07. The second-order valence-corrected chi connectivity index (χ2v) is 6.79. The van der Waals surface area contributed by atoms with E-state index in [-0.39, 0.29) is 10.7 Å². The van der Waals surface area contributed by atoms with E-state index in [1.165, 1.54) is 12.3 Å². The molecule has 4 nitrogen and oxygen atoms in total. The quantitative estimate of drug-likeness (QED) is 0.588. The third-order valence-corrected chi connectivity index (χ3v) is 4.70. The van der Waals surface area contributed by atoms with Gasteiger partial charge in [0, 0.05) is 23.9 Å². The molecule has 3 aromatic heterocycles. The van der Waals surface area contributed by atoms with Gasteiger partial charge in [0.15, 0.2) is 5.82 Å². The van der Waals surface area contributed by atoms with E-state index in [0.29, 0.717) is 48.1 Å². The van der Waals surface area contributed by atoms with Gasteiger partial charge in [-0.2, -0.15) is 0 Å². The summed E-state index contributed by atoms with van der Waals surface area (Å²) in [6.07, 6.45) is 2.12. The second kappa shape index (κ2) is 7.14. The summed E-state index contributed by atoms with van der Waals surface area (Å²) in [7, 11) is 0.668. The molecule has 0 bridgehead atoms. The lowest BCUT2D eigenvalue weighted by molar-refractivity contribution is 0.375. The number of rotatable bonds is 4. The van der Waals surface area contributed by atoms with Crippen molar-refractivity contribution in [2.45, 2.75) is 6.92 Å². The van der Waals surface area contributed by atoms with Crippen LogP contribution in [0.2, 0.25) is 10.0 Å². The molecule has 0 aliphatic carbocycles. The minimum absolute atomic E-state index is 0.141. The molecule has 3 heterocycles. The van der Waals surface area contributed by atoms with Crippen molar-refractivity contribution in [1.82, 2.24) is 15.0 Å². The summed E-state index contributed by atoms with van der Waals surface area (Å²) in [5.41, 5.74) is 1.91. The van der Waals surface area contributed by atoms with Crippen molar-refractivity contribution in [3.63, 3.8) is 0 Å². The molecule has 0 saturated carbocycles. The Labute approximate surface area is 150 Å². The van der Waals surface area contributed by atoms with E-state index < -0.39 is 5.82 Å². The predicted molar refractivity (Wildman–Crippen MR) is 97.2 cm³/mol. The molecule has 3 aromatic rings. The number of aromatic nitrogens is 3. The van der Waals surface area contributed by atoms with Crippen molar-refractivity contribution in [3.05, 3.63) is 46.0 Å². The summed E-state index contributed by atoms with van der Waals surface area (Å²) in [5, 5.41) is 0.578. The van der Waals surface area contributed by atoms with E-state index in [1.54, 1.807) is 19.1 Å². The number of pyridine rings is 3. The van der Waals surface area contributed by atoms with Crippen LogP contribution in [-0.4, -0.2) is 28.0 Å². The minimum Gasteiger partial charge on any atom is -0.473 e. The standard InChI is InChI=1S/C16H13Cl2FN3OP/c1-8-13(17)14(18)16-11(21-8)5-10(19)15(22-16)9-3-4-12(20-6-9)23-7-24-2/h3-6,24H,7H2,1-2H3. The molecule has 1 unspecified atom stereocenters. The van der Waals surface area contributed by atoms with Crippen LogP contribution in [0.4, 0.5) is 4.39 Å². The molecule has 0 saturated heterocycles. The number of aryl methyl sites for hydroxylation is 1. The molecule has 24 heavy (non-hydrogen) atoms. The van der Waals surface area contributed by atoms with Crippen LogP contribution in [0.25, 0.3) is 22.3 Å². The summed E-state index contributed by atoms with van der Waals surface area (Å²) in [5.74, 6) is -0.00837. The predicted octanol–water partition coefficient (Wildman–Crippen LogP) is 5.09. The van der Waals surface area contributed by atoms with Crippen LogP contribution in [-0.2, 0) is 0 Å². The van der Waals surface area contributed by atoms with E-state index in [2.05, 4.69) is 15.0 Å². The monoisotopic (exact) mass is 383 g/mol. The van der Waals surface area contributed by atoms with Gasteiger partial charge in [-0.25, -0.2) is 19.3 Å². The number of halogens is 3. The first-order valence-corrected chi connectivity index (χ1v) is 9.53. The fraction of sp³-hybridized carbons (Fsp3) is 0.188. The molecule has 8 heteroatoms. The molecule has 0 radical (unpaired) electrons. The summed E-state index contributed by atoms with van der Waals surface area (Å²) < 4.78 is 19.9. The minimum atomic E-state index is -0.502. The lowest BCUT2D eigenvalue weighted by Crippen LogP contribution is -1.97. The van der Waals surface area contributed by atoms with Crippen LogP contribution in [0, 0.1) is 12.7 Å². The molecule has 0 amide bonds. The van der Waals surface area contributed by atoms with Gasteiger partial charge in [0.05, 0.1) is 21.3 Å². The Morgan fingerprint density at radius 3 is 2.67 bits per heavy atom. The van der Waals surface area contributed by atoms with Crippen LogP contribution in [0.1, 0.15) is 5.69 Å². The van der Waals surface area contributed by atoms with Gasteiger partial charge in [-0.05, 0) is 19.7 Å². The first-order valence-electron chi connectivity index (χ1n) is 7.07. The van der Waals surface area contributed by atoms with Crippen LogP contribution in [0.15, 0.2) is 24.4 Å². The number of fused-ring (bicyclic) bond motifs is 1. The van der Waals surface area contributed by atoms with Gasteiger partial charge in [-0.3, -0.25) is 0 Å². The van der Waals surface area contributed by atoms with Crippen LogP contribution in [0.5, 0.6) is 5.88 Å². The van der Waals surface area contributed by atoms with E-state index in [0.717, 1.165) is 0 Å². The molecule has 0 fully saturated rings. The van der Waals surface area contributed by atoms with Crippen molar-refractivity contribution >= 4 is 42.8 Å². The average molecular weight is 384 g/mol. The Bertz CT molecular complexity index is 906. The maximum Gasteiger partial charge on any atom is 0.213 e. The fourth-order valence-electron chi connectivity index (χ4n) is 2.17. The van der Waals surface area contributed by atoms with Gasteiger partial charge < -0.3 is 4.74 Å². The molecule has 0 N–H and O–H groups in total. The molecule has 124 valence electrons. The molecule has 1 atom stereocenters. The molecule has 0 aliphatic rings. The zero-order valence-corrected chi connectivity index (χ0v) is 15.4. The Morgan fingerprint density at radius 1 is 1.21 bits per heavy atom. The van der Waals surface area contributed by atoms with Gasteiger partial charge in [0.2, 0.25) is 5.88 Å². The number of hydrogen-bond acceptors (Lipinski definition) is 4. The topological polar surface area (TPSA) is 47.9 Å². The van der Waals surface area contributed by atoms with E-state index in [1.807, 2.05) is 6.66 Å². The van der Waals surface area contributed by atoms with Crippen LogP contribution < -0.4 is 4.74 Å². The smallest absolute Gasteiger partial charge is 0.213 e. The van der Waals surface area contributed by atoms with Crippen LogP contribution in [0.3, 0.4) is 0 Å². The SMILES string of the molecule is CPCOc1ccc(-c2nc3c(Cl)c(Cl)c(C)nc3cc2F)cn1. The second-order valence-electron chi connectivity index (χ2n) is 5.04. The number of nitrogens with zero attached hydrogens (tertiary/aromatic N) is 3. The Kier molecular flexibility index (Phi) is 5.14. The Hall–Kier alpha value is -1.55. The van der Waals surface area contributed by atoms with Crippen molar-refractivity contribution in [2.24, 2.45) is 0 Å². The third-order valence-electron chi connectivity index (χ3n) is 3.34. The molecule has 0 aliphatic heterocycles. The normalized spacial score (nSPS) is 11.5. The van der Waals surface area contributed by atoms with Gasteiger partial charge >= 0.3 is 0 Å². The molecular weight excluding hydrogens is 371 g/mol. The zero-order valence-electron chi connectivity index (χ0n) is 12.9. The highest BCUT2D eigenvalue weighted by molar-refractivity contribution is 7.36. The molecule has 0 spiro atoms. The van der Waals surface area contributed by atoms with Gasteiger partial charge in [0.25, 0.3) is 0 Å². The lowest BCUT2D eigenvalue weighted by Gasteiger charge is -2.09. The number of hydrogen-bond donors (Lipinski definition) is 0. The average Bonchev–Trinajstić information content (AvgIpc) is 2.58. The van der Waals surface area contributed by atoms with Crippen molar-refractivity contribution in [3.8, 4) is 17.1 Å². The lowest BCUT2D eigenvalue weighted by atomic mass is 10.1. The number of ether oxygens (including phenoxy) is 1. The molecular formula is C16H13Cl2FN3OP. The van der Waals surface area contributed by atoms with Gasteiger partial charge in [-0.1, -0.05) is 31.8 Å². The van der Waals surface area contributed by atoms with Gasteiger partial charge in [-0.15, -0.1) is 0 Å². The first kappa shape index (κ1) is 17.3. The molecule has 0 aromatic carbocycles. The Morgan fingerprint density at radius 2 is 2.00 bits per heavy atom. The largest absolute Gasteiger partial charge is 0.473 e. The van der Waals surface area contributed by atoms with Crippen molar-refractivity contribution < 1.29 is 9.13 Å². The van der Waals surface area contributed by atoms with E-state index in [4.69, 9.17) is 27.9 Å². The maximum atomic E-state index is 14.4. The summed E-state index contributed by atoms with van der Waals surface area (Å²) >= 11 is 12.3. The van der Waals surface area contributed by atoms with Gasteiger partial charge in [0.1, 0.15) is 17.6 Å². The zero-order chi connectivity index (χ0) is 17.3. The maximum absolute atomic E-state index is 14.4. The van der Waals surface area contributed by atoms with E-state index >= 15 is 0 Å². The van der Waals surface area contributed by atoms with Crippen LogP contribution >= 0.6 is 31.8 Å².